The summed E-state index contributed by atoms with van der Waals surface area (Å²) in [6, 6.07) is 2.49. The molecule has 0 spiro atoms. The molecular weight excluding hydrogens is 162 g/mol. The predicted octanol–water partition coefficient (Wildman–Crippen LogP) is 2.23. The van der Waals surface area contributed by atoms with Crippen LogP contribution in [0.25, 0.3) is 0 Å². The Morgan fingerprint density at radius 2 is 1.92 bits per heavy atom. The van der Waals surface area contributed by atoms with Crippen molar-refractivity contribution in [2.45, 2.75) is 51.0 Å². The summed E-state index contributed by atoms with van der Waals surface area (Å²) >= 11 is 0. The van der Waals surface area contributed by atoms with Gasteiger partial charge in [-0.15, -0.1) is 0 Å². The minimum atomic E-state index is -0.200. The van der Waals surface area contributed by atoms with E-state index in [1.807, 2.05) is 0 Å². The van der Waals surface area contributed by atoms with Crippen LogP contribution in [0.3, 0.4) is 0 Å². The van der Waals surface area contributed by atoms with Gasteiger partial charge in [0.25, 0.3) is 0 Å². The summed E-state index contributed by atoms with van der Waals surface area (Å²) in [4.78, 5) is 0. The Bertz CT molecular complexity index is 229. The lowest BCUT2D eigenvalue weighted by atomic mass is 9.59. The molecule has 0 aromatic carbocycles. The van der Waals surface area contributed by atoms with Gasteiger partial charge in [0.15, 0.2) is 0 Å². The van der Waals surface area contributed by atoms with Crippen molar-refractivity contribution < 1.29 is 5.11 Å². The highest BCUT2D eigenvalue weighted by atomic mass is 16.3. The van der Waals surface area contributed by atoms with E-state index < -0.39 is 0 Å². The standard InChI is InChI=1S/C11H17NO/c12-8-11-6-2-1-4-9(11)10(13)5-3-7-11/h9-10,13H,1-7H2/t9-,10-,11+/m1/s1. The van der Waals surface area contributed by atoms with Gasteiger partial charge in [0.1, 0.15) is 0 Å². The first-order chi connectivity index (χ1) is 6.28. The van der Waals surface area contributed by atoms with E-state index in [1.54, 1.807) is 0 Å². The fraction of sp³-hybridized carbons (Fsp3) is 0.909. The molecule has 2 saturated carbocycles. The Hall–Kier alpha value is -0.550. The number of rotatable bonds is 0. The summed E-state index contributed by atoms with van der Waals surface area (Å²) in [5.41, 5.74) is -0.157. The second-order valence-corrected chi connectivity index (χ2v) is 4.58. The van der Waals surface area contributed by atoms with Gasteiger partial charge in [0, 0.05) is 5.92 Å². The number of fused-ring (bicyclic) bond motifs is 1. The zero-order chi connectivity index (χ0) is 9.31. The van der Waals surface area contributed by atoms with E-state index in [0.717, 1.165) is 32.1 Å². The Morgan fingerprint density at radius 1 is 1.15 bits per heavy atom. The molecule has 0 unspecified atom stereocenters. The van der Waals surface area contributed by atoms with Gasteiger partial charge in [-0.3, -0.25) is 0 Å². The highest BCUT2D eigenvalue weighted by Crippen LogP contribution is 2.49. The minimum Gasteiger partial charge on any atom is -0.393 e. The third-order valence-corrected chi connectivity index (χ3v) is 3.91. The topological polar surface area (TPSA) is 44.0 Å². The summed E-state index contributed by atoms with van der Waals surface area (Å²) in [6.45, 7) is 0. The number of hydrogen-bond donors (Lipinski definition) is 1. The van der Waals surface area contributed by atoms with Gasteiger partial charge < -0.3 is 5.11 Å². The maximum Gasteiger partial charge on any atom is 0.0693 e. The second-order valence-electron chi connectivity index (χ2n) is 4.58. The van der Waals surface area contributed by atoms with Crippen molar-refractivity contribution in [3.63, 3.8) is 0 Å². The second kappa shape index (κ2) is 3.31. The van der Waals surface area contributed by atoms with E-state index in [2.05, 4.69) is 6.07 Å². The summed E-state index contributed by atoms with van der Waals surface area (Å²) in [5, 5.41) is 19.1. The van der Waals surface area contributed by atoms with Gasteiger partial charge in [-0.1, -0.05) is 12.8 Å². The summed E-state index contributed by atoms with van der Waals surface area (Å²) in [6.07, 6.45) is 7.22. The molecule has 0 aliphatic heterocycles. The molecule has 3 atom stereocenters. The monoisotopic (exact) mass is 179 g/mol. The van der Waals surface area contributed by atoms with Gasteiger partial charge in [-0.05, 0) is 32.1 Å². The molecule has 0 saturated heterocycles. The van der Waals surface area contributed by atoms with Crippen molar-refractivity contribution in [1.29, 1.82) is 5.26 Å². The van der Waals surface area contributed by atoms with Crippen LogP contribution in [0.4, 0.5) is 0 Å². The SMILES string of the molecule is N#C[C@@]12CCCC[C@@H]1[C@H](O)CCC2. The molecule has 2 rings (SSSR count). The molecule has 0 radical (unpaired) electrons. The summed E-state index contributed by atoms with van der Waals surface area (Å²) < 4.78 is 0. The van der Waals surface area contributed by atoms with Crippen LogP contribution in [-0.4, -0.2) is 11.2 Å². The first kappa shape index (κ1) is 9.02. The maximum atomic E-state index is 9.85. The molecular formula is C11H17NO. The third-order valence-electron chi connectivity index (χ3n) is 3.91. The maximum absolute atomic E-state index is 9.85. The lowest BCUT2D eigenvalue weighted by Crippen LogP contribution is -2.43. The van der Waals surface area contributed by atoms with Crippen LogP contribution in [0.1, 0.15) is 44.9 Å². The average Bonchev–Trinajstić information content (AvgIpc) is 2.18. The number of hydrogen-bond acceptors (Lipinski definition) is 2. The fourth-order valence-electron chi connectivity index (χ4n) is 3.16. The Balaban J connectivity index is 2.22. The van der Waals surface area contributed by atoms with Gasteiger partial charge in [-0.2, -0.15) is 5.26 Å². The van der Waals surface area contributed by atoms with Crippen LogP contribution in [0.5, 0.6) is 0 Å². The molecule has 0 heterocycles. The molecule has 2 heteroatoms. The van der Waals surface area contributed by atoms with E-state index in [9.17, 15) is 10.4 Å². The molecule has 2 fully saturated rings. The Kier molecular flexibility index (Phi) is 2.29. The summed E-state index contributed by atoms with van der Waals surface area (Å²) in [5.74, 6) is 0.278. The minimum absolute atomic E-state index is 0.157. The fourth-order valence-corrected chi connectivity index (χ4v) is 3.16. The Morgan fingerprint density at radius 3 is 2.62 bits per heavy atom. The number of nitriles is 1. The van der Waals surface area contributed by atoms with E-state index in [0.29, 0.717) is 0 Å². The average molecular weight is 179 g/mol. The van der Waals surface area contributed by atoms with E-state index in [-0.39, 0.29) is 17.4 Å². The quantitative estimate of drug-likeness (QED) is 0.619. The van der Waals surface area contributed by atoms with Crippen molar-refractivity contribution in [3.05, 3.63) is 0 Å². The predicted molar refractivity (Wildman–Crippen MR) is 49.9 cm³/mol. The lowest BCUT2D eigenvalue weighted by Gasteiger charge is -2.45. The van der Waals surface area contributed by atoms with E-state index in [4.69, 9.17) is 0 Å². The van der Waals surface area contributed by atoms with Crippen LogP contribution in [0.2, 0.25) is 0 Å². The molecule has 2 aliphatic carbocycles. The third kappa shape index (κ3) is 1.36. The number of aliphatic hydroxyl groups excluding tert-OH is 1. The molecule has 0 bridgehead atoms. The molecule has 0 amide bonds. The first-order valence-electron chi connectivity index (χ1n) is 5.38. The first-order valence-corrected chi connectivity index (χ1v) is 5.38. The molecule has 13 heavy (non-hydrogen) atoms. The number of aliphatic hydroxyl groups is 1. The van der Waals surface area contributed by atoms with E-state index >= 15 is 0 Å². The zero-order valence-corrected chi connectivity index (χ0v) is 8.00. The van der Waals surface area contributed by atoms with Gasteiger partial charge in [0.2, 0.25) is 0 Å². The van der Waals surface area contributed by atoms with Crippen molar-refractivity contribution in [1.82, 2.24) is 0 Å². The van der Waals surface area contributed by atoms with Crippen molar-refractivity contribution in [2.75, 3.05) is 0 Å². The van der Waals surface area contributed by atoms with Crippen LogP contribution >= 0.6 is 0 Å². The number of nitrogens with zero attached hydrogens (tertiary/aromatic N) is 1. The molecule has 72 valence electrons. The van der Waals surface area contributed by atoms with Crippen molar-refractivity contribution in [2.24, 2.45) is 11.3 Å². The van der Waals surface area contributed by atoms with Crippen LogP contribution in [0, 0.1) is 22.7 Å². The smallest absolute Gasteiger partial charge is 0.0693 e. The van der Waals surface area contributed by atoms with Gasteiger partial charge in [-0.25, -0.2) is 0 Å². The normalized spacial score (nSPS) is 44.9. The van der Waals surface area contributed by atoms with Gasteiger partial charge >= 0.3 is 0 Å². The molecule has 1 N–H and O–H groups in total. The molecule has 0 aromatic rings. The van der Waals surface area contributed by atoms with Crippen LogP contribution < -0.4 is 0 Å². The lowest BCUT2D eigenvalue weighted by molar-refractivity contribution is -0.0235. The molecule has 2 aliphatic rings. The molecule has 0 aromatic heterocycles. The largest absolute Gasteiger partial charge is 0.393 e. The van der Waals surface area contributed by atoms with Crippen LogP contribution in [-0.2, 0) is 0 Å². The summed E-state index contributed by atoms with van der Waals surface area (Å²) in [7, 11) is 0. The van der Waals surface area contributed by atoms with E-state index in [1.165, 1.54) is 12.8 Å². The Labute approximate surface area is 79.6 Å². The highest BCUT2D eigenvalue weighted by molar-refractivity contribution is 5.08. The highest BCUT2D eigenvalue weighted by Gasteiger charge is 2.46. The van der Waals surface area contributed by atoms with Crippen molar-refractivity contribution in [3.8, 4) is 6.07 Å². The van der Waals surface area contributed by atoms with Gasteiger partial charge in [0.05, 0.1) is 17.6 Å². The molecule has 2 nitrogen and oxygen atoms in total. The van der Waals surface area contributed by atoms with Crippen molar-refractivity contribution >= 4 is 0 Å². The zero-order valence-electron chi connectivity index (χ0n) is 8.00. The van der Waals surface area contributed by atoms with Crippen LogP contribution in [0.15, 0.2) is 0 Å².